The highest BCUT2D eigenvalue weighted by atomic mass is 19.3. The van der Waals surface area contributed by atoms with E-state index in [0.29, 0.717) is 50.4 Å². The van der Waals surface area contributed by atoms with Gasteiger partial charge in [-0.3, -0.25) is 9.36 Å². The maximum Gasteiger partial charge on any atom is 0.317 e. The fourth-order valence-electron chi connectivity index (χ4n) is 5.85. The zero-order chi connectivity index (χ0) is 25.7. The monoisotopic (exact) mass is 511 g/mol. The minimum absolute atomic E-state index is 0.0110. The summed E-state index contributed by atoms with van der Waals surface area (Å²) >= 11 is 0. The van der Waals surface area contributed by atoms with Crippen LogP contribution >= 0.6 is 0 Å². The SMILES string of the molecule is CNC(=O)N1CCc2c(c(N3CCCc4cc(-c5cnn(C)c5)c(C(F)F)cc43)nn2[C@H]2CCOC2)C1. The van der Waals surface area contributed by atoms with Crippen molar-refractivity contribution in [3.05, 3.63) is 46.9 Å². The molecule has 0 aliphatic carbocycles. The maximum absolute atomic E-state index is 14.3. The molecule has 37 heavy (non-hydrogen) atoms. The number of carbonyl (C=O) groups excluding carboxylic acids is 1. The van der Waals surface area contributed by atoms with Crippen molar-refractivity contribution in [1.29, 1.82) is 0 Å². The molecule has 3 aliphatic rings. The molecule has 0 unspecified atom stereocenters. The molecule has 1 fully saturated rings. The van der Waals surface area contributed by atoms with Gasteiger partial charge in [0.15, 0.2) is 5.82 Å². The molecule has 11 heteroatoms. The van der Waals surface area contributed by atoms with Gasteiger partial charge in [-0.25, -0.2) is 13.6 Å². The first-order valence-corrected chi connectivity index (χ1v) is 12.8. The lowest BCUT2D eigenvalue weighted by atomic mass is 9.92. The van der Waals surface area contributed by atoms with Gasteiger partial charge in [0, 0.05) is 74.5 Å². The van der Waals surface area contributed by atoms with E-state index < -0.39 is 6.43 Å². The van der Waals surface area contributed by atoms with Crippen LogP contribution in [-0.4, -0.2) is 63.8 Å². The zero-order valence-corrected chi connectivity index (χ0v) is 21.1. The normalized spacial score (nSPS) is 19.3. The van der Waals surface area contributed by atoms with Gasteiger partial charge in [0.05, 0.1) is 25.4 Å². The summed E-state index contributed by atoms with van der Waals surface area (Å²) in [5, 5.41) is 12.0. The molecule has 9 nitrogen and oxygen atoms in total. The number of fused-ring (bicyclic) bond motifs is 2. The minimum atomic E-state index is -2.63. The number of aryl methyl sites for hydroxylation is 2. The predicted octanol–water partition coefficient (Wildman–Crippen LogP) is 3.96. The van der Waals surface area contributed by atoms with Crippen molar-refractivity contribution in [2.24, 2.45) is 7.05 Å². The molecule has 1 aromatic carbocycles. The van der Waals surface area contributed by atoms with Crippen LogP contribution in [0.2, 0.25) is 0 Å². The van der Waals surface area contributed by atoms with Crippen molar-refractivity contribution < 1.29 is 18.3 Å². The second-order valence-corrected chi connectivity index (χ2v) is 9.96. The number of benzene rings is 1. The third-order valence-corrected chi connectivity index (χ3v) is 7.69. The van der Waals surface area contributed by atoms with Crippen LogP contribution in [0.25, 0.3) is 11.1 Å². The summed E-state index contributed by atoms with van der Waals surface area (Å²) in [5.74, 6) is 0.755. The first-order chi connectivity index (χ1) is 17.9. The van der Waals surface area contributed by atoms with Crippen LogP contribution in [0.3, 0.4) is 0 Å². The number of hydrogen-bond acceptors (Lipinski definition) is 5. The number of nitrogens with one attached hydrogen (secondary N) is 1. The van der Waals surface area contributed by atoms with Gasteiger partial charge < -0.3 is 19.9 Å². The summed E-state index contributed by atoms with van der Waals surface area (Å²) in [6, 6.07) is 3.53. The summed E-state index contributed by atoms with van der Waals surface area (Å²) in [7, 11) is 3.41. The van der Waals surface area contributed by atoms with Crippen LogP contribution in [0.1, 0.15) is 47.7 Å². The molecule has 1 N–H and O–H groups in total. The quantitative estimate of drug-likeness (QED) is 0.574. The average molecular weight is 512 g/mol. The molecular formula is C26H31F2N7O2. The lowest BCUT2D eigenvalue weighted by molar-refractivity contribution is 0.152. The maximum atomic E-state index is 14.3. The molecule has 0 saturated carbocycles. The van der Waals surface area contributed by atoms with Gasteiger partial charge in [-0.15, -0.1) is 0 Å². The Morgan fingerprint density at radius 3 is 2.81 bits per heavy atom. The third kappa shape index (κ3) is 4.14. The smallest absolute Gasteiger partial charge is 0.317 e. The van der Waals surface area contributed by atoms with Crippen molar-refractivity contribution >= 4 is 17.5 Å². The topological polar surface area (TPSA) is 80.5 Å². The number of hydrogen-bond donors (Lipinski definition) is 1. The van der Waals surface area contributed by atoms with Crippen LogP contribution in [0.15, 0.2) is 24.5 Å². The number of amides is 2. The number of ether oxygens (including phenoxy) is 1. The van der Waals surface area contributed by atoms with Gasteiger partial charge in [0.2, 0.25) is 0 Å². The highest BCUT2D eigenvalue weighted by Crippen LogP contribution is 2.43. The number of anilines is 2. The van der Waals surface area contributed by atoms with Crippen LogP contribution in [0.4, 0.5) is 25.1 Å². The van der Waals surface area contributed by atoms with Gasteiger partial charge in [-0.1, -0.05) is 0 Å². The molecule has 1 atom stereocenters. The molecule has 3 aromatic rings. The van der Waals surface area contributed by atoms with Crippen molar-refractivity contribution in [2.75, 3.05) is 38.3 Å². The number of rotatable bonds is 4. The molecule has 0 radical (unpaired) electrons. The lowest BCUT2D eigenvalue weighted by Gasteiger charge is -2.33. The van der Waals surface area contributed by atoms with Gasteiger partial charge in [-0.2, -0.15) is 10.2 Å². The number of carbonyl (C=O) groups is 1. The van der Waals surface area contributed by atoms with Crippen molar-refractivity contribution in [3.8, 4) is 11.1 Å². The molecular weight excluding hydrogens is 480 g/mol. The predicted molar refractivity (Wildman–Crippen MR) is 134 cm³/mol. The zero-order valence-electron chi connectivity index (χ0n) is 21.1. The average Bonchev–Trinajstić information content (AvgIpc) is 3.66. The van der Waals surface area contributed by atoms with Gasteiger partial charge in [0.1, 0.15) is 0 Å². The summed E-state index contributed by atoms with van der Waals surface area (Å²) in [6.45, 7) is 3.01. The summed E-state index contributed by atoms with van der Waals surface area (Å²) < 4.78 is 38.0. The van der Waals surface area contributed by atoms with E-state index >= 15 is 0 Å². The summed E-state index contributed by atoms with van der Waals surface area (Å²) in [4.78, 5) is 16.3. The van der Waals surface area contributed by atoms with E-state index in [0.717, 1.165) is 47.6 Å². The molecule has 6 rings (SSSR count). The number of alkyl halides is 2. The Kier molecular flexibility index (Phi) is 6.10. The molecule has 0 bridgehead atoms. The molecule has 2 amide bonds. The molecule has 196 valence electrons. The molecule has 3 aliphatic heterocycles. The van der Waals surface area contributed by atoms with Crippen LogP contribution in [0.5, 0.6) is 0 Å². The second-order valence-electron chi connectivity index (χ2n) is 9.96. The number of nitrogens with zero attached hydrogens (tertiary/aromatic N) is 6. The molecule has 5 heterocycles. The van der Waals surface area contributed by atoms with E-state index in [1.807, 2.05) is 6.07 Å². The standard InChI is InChI=1S/C26H31F2N7O2/c1-29-26(36)33-8-5-22-21(14-33)25(31-35(22)18-6-9-37-15-18)34-7-3-4-16-10-19(17-12-30-32(2)13-17)20(24(27)28)11-23(16)34/h10-13,18,24H,3-9,14-15H2,1-2H3,(H,29,36)/t18-/m0/s1. The summed E-state index contributed by atoms with van der Waals surface area (Å²) in [5.41, 5.74) is 5.07. The largest absolute Gasteiger partial charge is 0.379 e. The summed E-state index contributed by atoms with van der Waals surface area (Å²) in [6.07, 6.45) is 4.01. The molecule has 1 saturated heterocycles. The Labute approximate surface area is 214 Å². The van der Waals surface area contributed by atoms with Crippen molar-refractivity contribution in [1.82, 2.24) is 29.8 Å². The van der Waals surface area contributed by atoms with E-state index in [-0.39, 0.29) is 17.6 Å². The van der Waals surface area contributed by atoms with E-state index in [4.69, 9.17) is 9.84 Å². The van der Waals surface area contributed by atoms with E-state index in [2.05, 4.69) is 20.0 Å². The van der Waals surface area contributed by atoms with Crippen LogP contribution < -0.4 is 10.2 Å². The van der Waals surface area contributed by atoms with Gasteiger partial charge in [0.25, 0.3) is 6.43 Å². The Hall–Kier alpha value is -3.47. The Balaban J connectivity index is 1.47. The first kappa shape index (κ1) is 23.9. The van der Waals surface area contributed by atoms with Crippen LogP contribution in [-0.2, 0) is 31.2 Å². The third-order valence-electron chi connectivity index (χ3n) is 7.69. The van der Waals surface area contributed by atoms with E-state index in [9.17, 15) is 13.6 Å². The first-order valence-electron chi connectivity index (χ1n) is 12.8. The fourth-order valence-corrected chi connectivity index (χ4v) is 5.85. The fraction of sp³-hybridized carbons (Fsp3) is 0.500. The van der Waals surface area contributed by atoms with Gasteiger partial charge in [-0.05, 0) is 42.5 Å². The number of urea groups is 1. The lowest BCUT2D eigenvalue weighted by Crippen LogP contribution is -2.42. The molecule has 2 aromatic heterocycles. The number of halogens is 2. The highest BCUT2D eigenvalue weighted by molar-refractivity contribution is 5.78. The Bertz CT molecular complexity index is 1330. The van der Waals surface area contributed by atoms with E-state index in [1.165, 1.54) is 0 Å². The second kappa shape index (κ2) is 9.44. The van der Waals surface area contributed by atoms with E-state index in [1.54, 1.807) is 42.1 Å². The minimum Gasteiger partial charge on any atom is -0.379 e. The van der Waals surface area contributed by atoms with Crippen molar-refractivity contribution in [2.45, 2.75) is 44.7 Å². The molecule has 0 spiro atoms. The van der Waals surface area contributed by atoms with Crippen molar-refractivity contribution in [3.63, 3.8) is 0 Å². The Morgan fingerprint density at radius 2 is 2.11 bits per heavy atom. The Morgan fingerprint density at radius 1 is 1.24 bits per heavy atom. The highest BCUT2D eigenvalue weighted by Gasteiger charge is 2.35. The van der Waals surface area contributed by atoms with Crippen LogP contribution in [0, 0.1) is 0 Å². The number of aromatic nitrogens is 4. The van der Waals surface area contributed by atoms with Gasteiger partial charge >= 0.3 is 6.03 Å².